The van der Waals surface area contributed by atoms with E-state index in [-0.39, 0.29) is 29.6 Å². The fourth-order valence-electron chi connectivity index (χ4n) is 2.38. The number of aliphatic hydroxyl groups excluding tert-OH is 1. The molecule has 1 aromatic heterocycles. The Morgan fingerprint density at radius 1 is 1.57 bits per heavy atom. The summed E-state index contributed by atoms with van der Waals surface area (Å²) in [7, 11) is 1.21. The number of aromatic nitrogens is 1. The van der Waals surface area contributed by atoms with Crippen LogP contribution in [0.15, 0.2) is 12.3 Å². The zero-order valence-corrected chi connectivity index (χ0v) is 11.7. The predicted molar refractivity (Wildman–Crippen MR) is 74.3 cm³/mol. The maximum atomic E-state index is 11.4. The van der Waals surface area contributed by atoms with Crippen LogP contribution in [-0.2, 0) is 4.74 Å². The van der Waals surface area contributed by atoms with E-state index in [0.717, 1.165) is 12.8 Å². The van der Waals surface area contributed by atoms with Gasteiger partial charge in [-0.2, -0.15) is 0 Å². The lowest BCUT2D eigenvalue weighted by molar-refractivity contribution is -0.384. The monoisotopic (exact) mass is 295 g/mol. The number of carbonyl (C=O) groups is 1. The second-order valence-electron chi connectivity index (χ2n) is 4.93. The Balaban J connectivity index is 2.27. The molecule has 114 valence electrons. The molecule has 8 nitrogen and oxygen atoms in total. The van der Waals surface area contributed by atoms with E-state index in [1.165, 1.54) is 19.4 Å². The summed E-state index contributed by atoms with van der Waals surface area (Å²) in [5.74, 6) is -0.171. The van der Waals surface area contributed by atoms with E-state index in [9.17, 15) is 14.9 Å². The predicted octanol–water partition coefficient (Wildman–Crippen LogP) is 0.985. The molecule has 1 aliphatic heterocycles. The summed E-state index contributed by atoms with van der Waals surface area (Å²) < 4.78 is 4.54. The Morgan fingerprint density at radius 3 is 2.76 bits per heavy atom. The normalized spacial score (nSPS) is 15.8. The Bertz CT molecular complexity index is 541. The van der Waals surface area contributed by atoms with Crippen molar-refractivity contribution in [2.75, 3.05) is 31.7 Å². The largest absolute Gasteiger partial charge is 0.465 e. The first-order valence-electron chi connectivity index (χ1n) is 6.65. The molecule has 0 saturated carbocycles. The molecule has 1 aromatic rings. The van der Waals surface area contributed by atoms with Crippen LogP contribution in [0.2, 0.25) is 0 Å². The highest BCUT2D eigenvalue weighted by atomic mass is 16.6. The number of hydrogen-bond donors (Lipinski definition) is 1. The van der Waals surface area contributed by atoms with Gasteiger partial charge in [-0.25, -0.2) is 9.78 Å². The van der Waals surface area contributed by atoms with Crippen LogP contribution in [0.1, 0.15) is 23.2 Å². The number of nitrogens with zero attached hydrogens (tertiary/aromatic N) is 3. The molecule has 21 heavy (non-hydrogen) atoms. The van der Waals surface area contributed by atoms with Gasteiger partial charge in [-0.1, -0.05) is 0 Å². The van der Waals surface area contributed by atoms with Gasteiger partial charge in [-0.3, -0.25) is 10.1 Å². The van der Waals surface area contributed by atoms with Crippen LogP contribution in [0.4, 0.5) is 11.5 Å². The van der Waals surface area contributed by atoms with Crippen molar-refractivity contribution in [1.82, 2.24) is 4.98 Å². The molecule has 0 bridgehead atoms. The lowest BCUT2D eigenvalue weighted by Gasteiger charge is -2.31. The molecular weight excluding hydrogens is 278 g/mol. The van der Waals surface area contributed by atoms with E-state index in [2.05, 4.69) is 9.72 Å². The van der Waals surface area contributed by atoms with Crippen LogP contribution in [0.3, 0.4) is 0 Å². The van der Waals surface area contributed by atoms with Crippen molar-refractivity contribution in [2.45, 2.75) is 12.8 Å². The van der Waals surface area contributed by atoms with Gasteiger partial charge in [0, 0.05) is 32.0 Å². The molecule has 0 unspecified atom stereocenters. The first-order chi connectivity index (χ1) is 10.1. The lowest BCUT2D eigenvalue weighted by atomic mass is 9.98. The van der Waals surface area contributed by atoms with Gasteiger partial charge in [0.2, 0.25) is 5.82 Å². The topological polar surface area (TPSA) is 106 Å². The number of ether oxygens (including phenoxy) is 1. The minimum Gasteiger partial charge on any atom is -0.465 e. The molecule has 0 radical (unpaired) electrons. The highest BCUT2D eigenvalue weighted by Crippen LogP contribution is 2.30. The van der Waals surface area contributed by atoms with Gasteiger partial charge in [-0.05, 0) is 18.8 Å². The number of rotatable bonds is 4. The highest BCUT2D eigenvalue weighted by Gasteiger charge is 2.27. The standard InChI is InChI=1S/C13H17N3O5/c1-21-13(18)10-6-11(16(19)20)12(14-7-10)15-4-2-9(8-17)3-5-15/h6-7,9,17H,2-5,8H2,1H3. The molecule has 1 aliphatic rings. The highest BCUT2D eigenvalue weighted by molar-refractivity contribution is 5.90. The van der Waals surface area contributed by atoms with Crippen LogP contribution in [0.5, 0.6) is 0 Å². The first-order valence-corrected chi connectivity index (χ1v) is 6.65. The van der Waals surface area contributed by atoms with Crippen LogP contribution in [0, 0.1) is 16.0 Å². The molecule has 0 aromatic carbocycles. The molecule has 1 fully saturated rings. The van der Waals surface area contributed by atoms with E-state index >= 15 is 0 Å². The number of aliphatic hydroxyl groups is 1. The summed E-state index contributed by atoms with van der Waals surface area (Å²) in [5.41, 5.74) is -0.154. The maximum absolute atomic E-state index is 11.4. The number of piperidine rings is 1. The van der Waals surface area contributed by atoms with E-state index in [1.54, 1.807) is 0 Å². The fourth-order valence-corrected chi connectivity index (χ4v) is 2.38. The van der Waals surface area contributed by atoms with Crippen molar-refractivity contribution in [3.63, 3.8) is 0 Å². The molecule has 0 amide bonds. The molecule has 0 atom stereocenters. The molecule has 2 heterocycles. The van der Waals surface area contributed by atoms with E-state index in [1.807, 2.05) is 4.90 Å². The summed E-state index contributed by atoms with van der Waals surface area (Å²) in [6.07, 6.45) is 2.80. The SMILES string of the molecule is COC(=O)c1cnc(N2CCC(CO)CC2)c([N+](=O)[O-])c1. The van der Waals surface area contributed by atoms with Gasteiger partial charge >= 0.3 is 11.7 Å². The molecule has 2 rings (SSSR count). The quantitative estimate of drug-likeness (QED) is 0.501. The molecule has 0 spiro atoms. The summed E-state index contributed by atoms with van der Waals surface area (Å²) in [4.78, 5) is 28.0. The van der Waals surface area contributed by atoms with Gasteiger partial charge in [0.1, 0.15) is 0 Å². The van der Waals surface area contributed by atoms with E-state index < -0.39 is 10.9 Å². The number of anilines is 1. The third-order valence-electron chi connectivity index (χ3n) is 3.64. The zero-order valence-electron chi connectivity index (χ0n) is 11.7. The first kappa shape index (κ1) is 15.2. The molecule has 8 heteroatoms. The smallest absolute Gasteiger partial charge is 0.339 e. The van der Waals surface area contributed by atoms with Crippen molar-refractivity contribution >= 4 is 17.5 Å². The average Bonchev–Trinajstić information content (AvgIpc) is 2.53. The van der Waals surface area contributed by atoms with Gasteiger partial charge in [0.15, 0.2) is 0 Å². The maximum Gasteiger partial charge on any atom is 0.339 e. The second kappa shape index (κ2) is 6.49. The van der Waals surface area contributed by atoms with Gasteiger partial charge < -0.3 is 14.7 Å². The Morgan fingerprint density at radius 2 is 2.24 bits per heavy atom. The number of pyridine rings is 1. The zero-order chi connectivity index (χ0) is 15.4. The Hall–Kier alpha value is -2.22. The summed E-state index contributed by atoms with van der Waals surface area (Å²) in [6, 6.07) is 1.19. The van der Waals surface area contributed by atoms with Gasteiger partial charge in [0.05, 0.1) is 17.6 Å². The van der Waals surface area contributed by atoms with E-state index in [4.69, 9.17) is 5.11 Å². The van der Waals surface area contributed by atoms with Crippen molar-refractivity contribution in [3.05, 3.63) is 27.9 Å². The van der Waals surface area contributed by atoms with Crippen molar-refractivity contribution in [1.29, 1.82) is 0 Å². The minimum atomic E-state index is -0.656. The van der Waals surface area contributed by atoms with Crippen molar-refractivity contribution in [2.24, 2.45) is 5.92 Å². The van der Waals surface area contributed by atoms with Crippen LogP contribution in [-0.4, -0.2) is 47.8 Å². The summed E-state index contributed by atoms with van der Waals surface area (Å²) in [5, 5.41) is 20.3. The second-order valence-corrected chi connectivity index (χ2v) is 4.93. The Labute approximate surface area is 121 Å². The number of methoxy groups -OCH3 is 1. The fraction of sp³-hybridized carbons (Fsp3) is 0.538. The Kier molecular flexibility index (Phi) is 4.69. The van der Waals surface area contributed by atoms with Crippen molar-refractivity contribution < 1.29 is 19.6 Å². The molecular formula is C13H17N3O5. The number of carbonyl (C=O) groups excluding carboxylic acids is 1. The molecule has 1 saturated heterocycles. The van der Waals surface area contributed by atoms with Crippen LogP contribution in [0.25, 0.3) is 0 Å². The van der Waals surface area contributed by atoms with E-state index in [0.29, 0.717) is 13.1 Å². The van der Waals surface area contributed by atoms with Gasteiger partial charge in [0.25, 0.3) is 0 Å². The third kappa shape index (κ3) is 3.27. The minimum absolute atomic E-state index is 0.0539. The molecule has 0 aliphatic carbocycles. The van der Waals surface area contributed by atoms with Crippen molar-refractivity contribution in [3.8, 4) is 0 Å². The van der Waals surface area contributed by atoms with Crippen LogP contribution < -0.4 is 4.90 Å². The van der Waals surface area contributed by atoms with Gasteiger partial charge in [-0.15, -0.1) is 0 Å². The lowest BCUT2D eigenvalue weighted by Crippen LogP contribution is -2.35. The summed E-state index contributed by atoms with van der Waals surface area (Å²) >= 11 is 0. The number of hydrogen-bond acceptors (Lipinski definition) is 7. The summed E-state index contributed by atoms with van der Waals surface area (Å²) in [6.45, 7) is 1.32. The third-order valence-corrected chi connectivity index (χ3v) is 3.64. The number of nitro groups is 1. The van der Waals surface area contributed by atoms with Crippen LogP contribution >= 0.6 is 0 Å². The molecule has 1 N–H and O–H groups in total. The average molecular weight is 295 g/mol. The number of esters is 1.